The number of anilines is 1. The predicted octanol–water partition coefficient (Wildman–Crippen LogP) is -0.293. The van der Waals surface area contributed by atoms with E-state index >= 15 is 0 Å². The van der Waals surface area contributed by atoms with Gasteiger partial charge in [0.2, 0.25) is 17.7 Å². The third-order valence-corrected chi connectivity index (χ3v) is 3.18. The molecular formula is C13H22ClN5O3. The van der Waals surface area contributed by atoms with Gasteiger partial charge < -0.3 is 14.7 Å². The summed E-state index contributed by atoms with van der Waals surface area (Å²) in [6.45, 7) is 5.20. The molecule has 9 heteroatoms. The Morgan fingerprint density at radius 1 is 1.41 bits per heavy atom. The van der Waals surface area contributed by atoms with Gasteiger partial charge in [0, 0.05) is 32.2 Å². The summed E-state index contributed by atoms with van der Waals surface area (Å²) in [6, 6.07) is 1.64. The summed E-state index contributed by atoms with van der Waals surface area (Å²) in [6.07, 6.45) is 0. The van der Waals surface area contributed by atoms with Crippen molar-refractivity contribution in [1.82, 2.24) is 20.3 Å². The number of carbonyl (C=O) groups is 2. The number of halogens is 1. The van der Waals surface area contributed by atoms with Crippen molar-refractivity contribution in [2.24, 2.45) is 0 Å². The Bertz CT molecular complexity index is 502. The predicted molar refractivity (Wildman–Crippen MR) is 84.1 cm³/mol. The molecule has 0 unspecified atom stereocenters. The van der Waals surface area contributed by atoms with E-state index in [0.29, 0.717) is 11.6 Å². The number of amides is 2. The van der Waals surface area contributed by atoms with Gasteiger partial charge in [0.1, 0.15) is 0 Å². The second kappa shape index (κ2) is 8.72. The van der Waals surface area contributed by atoms with Crippen molar-refractivity contribution < 1.29 is 14.1 Å². The van der Waals surface area contributed by atoms with E-state index in [1.54, 1.807) is 24.9 Å². The largest absolute Gasteiger partial charge is 0.339 e. The Morgan fingerprint density at radius 3 is 2.68 bits per heavy atom. The summed E-state index contributed by atoms with van der Waals surface area (Å²) in [7, 11) is 1.74. The summed E-state index contributed by atoms with van der Waals surface area (Å²) in [5.74, 6) is 0.128. The van der Waals surface area contributed by atoms with E-state index in [2.05, 4.69) is 15.8 Å². The molecule has 1 aliphatic rings. The lowest BCUT2D eigenvalue weighted by atomic mass is 10.3. The van der Waals surface area contributed by atoms with Crippen molar-refractivity contribution in [3.05, 3.63) is 11.8 Å². The van der Waals surface area contributed by atoms with Crippen LogP contribution in [0.3, 0.4) is 0 Å². The molecule has 0 radical (unpaired) electrons. The summed E-state index contributed by atoms with van der Waals surface area (Å²) in [4.78, 5) is 27.4. The van der Waals surface area contributed by atoms with Crippen LogP contribution < -0.4 is 10.6 Å². The molecule has 0 saturated carbocycles. The molecule has 0 aromatic carbocycles. The van der Waals surface area contributed by atoms with Crippen LogP contribution in [-0.4, -0.2) is 73.1 Å². The van der Waals surface area contributed by atoms with Crippen LogP contribution in [0.1, 0.15) is 5.69 Å². The van der Waals surface area contributed by atoms with Crippen LogP contribution in [0.15, 0.2) is 10.6 Å². The van der Waals surface area contributed by atoms with Crippen LogP contribution in [0.25, 0.3) is 0 Å². The van der Waals surface area contributed by atoms with Crippen LogP contribution in [0.4, 0.5) is 5.88 Å². The molecule has 1 aliphatic heterocycles. The molecule has 2 heterocycles. The molecule has 0 atom stereocenters. The molecule has 1 aromatic rings. The van der Waals surface area contributed by atoms with Crippen LogP contribution in [0.5, 0.6) is 0 Å². The quantitative estimate of drug-likeness (QED) is 0.770. The fourth-order valence-corrected chi connectivity index (χ4v) is 2.15. The third kappa shape index (κ3) is 5.63. The molecule has 0 bridgehead atoms. The standard InChI is InChI=1S/C13H21N5O3.ClH/c1-10-7-12(21-16-10)15-11(19)8-17(2)9-13(20)18-5-3-14-4-6-18;/h7,14H,3-6,8-9H2,1-2H3,(H,15,19);1H. The lowest BCUT2D eigenvalue weighted by Gasteiger charge is -2.29. The van der Waals surface area contributed by atoms with Crippen molar-refractivity contribution in [2.75, 3.05) is 51.6 Å². The summed E-state index contributed by atoms with van der Waals surface area (Å²) < 4.78 is 4.91. The van der Waals surface area contributed by atoms with Gasteiger partial charge in [-0.25, -0.2) is 0 Å². The first-order valence-electron chi connectivity index (χ1n) is 6.95. The molecule has 0 spiro atoms. The maximum absolute atomic E-state index is 12.0. The number of nitrogens with zero attached hydrogens (tertiary/aromatic N) is 3. The van der Waals surface area contributed by atoms with E-state index in [1.807, 2.05) is 4.90 Å². The van der Waals surface area contributed by atoms with Gasteiger partial charge >= 0.3 is 0 Å². The van der Waals surface area contributed by atoms with E-state index in [4.69, 9.17) is 4.52 Å². The number of aromatic nitrogens is 1. The smallest absolute Gasteiger partial charge is 0.240 e. The monoisotopic (exact) mass is 331 g/mol. The topological polar surface area (TPSA) is 90.7 Å². The van der Waals surface area contributed by atoms with Crippen LogP contribution in [-0.2, 0) is 9.59 Å². The van der Waals surface area contributed by atoms with Gasteiger partial charge in [0.15, 0.2) is 0 Å². The molecule has 8 nitrogen and oxygen atoms in total. The minimum absolute atomic E-state index is 0. The zero-order chi connectivity index (χ0) is 15.2. The molecule has 124 valence electrons. The van der Waals surface area contributed by atoms with Crippen molar-refractivity contribution in [1.29, 1.82) is 0 Å². The van der Waals surface area contributed by atoms with Crippen LogP contribution in [0, 0.1) is 6.92 Å². The number of carbonyl (C=O) groups excluding carboxylic acids is 2. The maximum Gasteiger partial charge on any atom is 0.240 e. The number of aryl methyl sites for hydroxylation is 1. The van der Waals surface area contributed by atoms with E-state index in [1.165, 1.54) is 0 Å². The number of rotatable bonds is 5. The molecule has 1 fully saturated rings. The first-order chi connectivity index (χ1) is 10.0. The van der Waals surface area contributed by atoms with Gasteiger partial charge in [-0.1, -0.05) is 5.16 Å². The molecule has 22 heavy (non-hydrogen) atoms. The third-order valence-electron chi connectivity index (χ3n) is 3.18. The summed E-state index contributed by atoms with van der Waals surface area (Å²) >= 11 is 0. The Balaban J connectivity index is 0.00000242. The zero-order valence-electron chi connectivity index (χ0n) is 12.8. The second-order valence-electron chi connectivity index (χ2n) is 5.18. The normalized spacial score (nSPS) is 14.6. The van der Waals surface area contributed by atoms with E-state index in [9.17, 15) is 9.59 Å². The highest BCUT2D eigenvalue weighted by atomic mass is 35.5. The molecular weight excluding hydrogens is 310 g/mol. The Morgan fingerprint density at radius 2 is 2.09 bits per heavy atom. The molecule has 2 amide bonds. The van der Waals surface area contributed by atoms with Crippen molar-refractivity contribution in [3.8, 4) is 0 Å². The minimum atomic E-state index is -0.234. The van der Waals surface area contributed by atoms with Gasteiger partial charge in [-0.05, 0) is 14.0 Å². The highest BCUT2D eigenvalue weighted by molar-refractivity contribution is 5.91. The van der Waals surface area contributed by atoms with Crippen LogP contribution in [0.2, 0.25) is 0 Å². The number of likely N-dealkylation sites (N-methyl/N-ethyl adjacent to an activating group) is 1. The van der Waals surface area contributed by atoms with Gasteiger partial charge in [0.25, 0.3) is 0 Å². The highest BCUT2D eigenvalue weighted by Gasteiger charge is 2.18. The average molecular weight is 332 g/mol. The van der Waals surface area contributed by atoms with Gasteiger partial charge in [-0.15, -0.1) is 12.4 Å². The van der Waals surface area contributed by atoms with Gasteiger partial charge in [0.05, 0.1) is 18.8 Å². The average Bonchev–Trinajstić information content (AvgIpc) is 2.84. The molecule has 1 aromatic heterocycles. The molecule has 2 rings (SSSR count). The fraction of sp³-hybridized carbons (Fsp3) is 0.615. The second-order valence-corrected chi connectivity index (χ2v) is 5.18. The molecule has 2 N–H and O–H groups in total. The highest BCUT2D eigenvalue weighted by Crippen LogP contribution is 2.07. The first kappa shape index (κ1) is 18.4. The zero-order valence-corrected chi connectivity index (χ0v) is 13.6. The number of nitrogens with one attached hydrogen (secondary N) is 2. The number of hydrogen-bond acceptors (Lipinski definition) is 6. The maximum atomic E-state index is 12.0. The van der Waals surface area contributed by atoms with Crippen molar-refractivity contribution >= 4 is 30.1 Å². The van der Waals surface area contributed by atoms with E-state index in [0.717, 1.165) is 26.2 Å². The van der Waals surface area contributed by atoms with Crippen LogP contribution >= 0.6 is 12.4 Å². The van der Waals surface area contributed by atoms with Gasteiger partial charge in [-0.3, -0.25) is 19.8 Å². The number of hydrogen-bond donors (Lipinski definition) is 2. The Labute approximate surface area is 135 Å². The Hall–Kier alpha value is -1.64. The number of piperazine rings is 1. The lowest BCUT2D eigenvalue weighted by Crippen LogP contribution is -2.49. The van der Waals surface area contributed by atoms with E-state index < -0.39 is 0 Å². The van der Waals surface area contributed by atoms with Crippen molar-refractivity contribution in [3.63, 3.8) is 0 Å². The summed E-state index contributed by atoms with van der Waals surface area (Å²) in [5.41, 5.74) is 0.701. The van der Waals surface area contributed by atoms with Gasteiger partial charge in [-0.2, -0.15) is 0 Å². The lowest BCUT2D eigenvalue weighted by molar-refractivity contribution is -0.133. The molecule has 0 aliphatic carbocycles. The SMILES string of the molecule is Cc1cc(NC(=O)CN(C)CC(=O)N2CCNCC2)on1.Cl. The fourth-order valence-electron chi connectivity index (χ4n) is 2.15. The first-order valence-corrected chi connectivity index (χ1v) is 6.95. The molecule has 1 saturated heterocycles. The van der Waals surface area contributed by atoms with E-state index in [-0.39, 0.29) is 37.3 Å². The minimum Gasteiger partial charge on any atom is -0.339 e. The van der Waals surface area contributed by atoms with Crippen molar-refractivity contribution in [2.45, 2.75) is 6.92 Å². The summed E-state index contributed by atoms with van der Waals surface area (Å²) in [5, 5.41) is 9.49. The Kier molecular flexibility index (Phi) is 7.30.